The predicted molar refractivity (Wildman–Crippen MR) is 101 cm³/mol. The van der Waals surface area contributed by atoms with Crippen molar-refractivity contribution < 1.29 is 27.8 Å². The quantitative estimate of drug-likeness (QED) is 0.562. The first-order chi connectivity index (χ1) is 13.8. The maximum atomic E-state index is 12.3. The molecule has 0 amide bonds. The van der Waals surface area contributed by atoms with E-state index < -0.39 is 12.3 Å². The highest BCUT2D eigenvalue weighted by Gasteiger charge is 2.31. The lowest BCUT2D eigenvalue weighted by Gasteiger charge is -2.20. The average molecular weight is 404 g/mol. The Morgan fingerprint density at radius 3 is 2.21 bits per heavy atom. The largest absolute Gasteiger partial charge is 0.573 e. The summed E-state index contributed by atoms with van der Waals surface area (Å²) in [6.07, 6.45) is -0.301. The second-order valence-corrected chi connectivity index (χ2v) is 6.49. The molecule has 1 atom stereocenters. The normalized spacial score (nSPS) is 12.6. The number of imidazole rings is 1. The van der Waals surface area contributed by atoms with E-state index in [1.165, 1.54) is 24.7 Å². The second kappa shape index (κ2) is 8.38. The maximum Gasteiger partial charge on any atom is 0.573 e. The van der Waals surface area contributed by atoms with E-state index in [4.69, 9.17) is 0 Å². The van der Waals surface area contributed by atoms with Gasteiger partial charge in [0.15, 0.2) is 0 Å². The molecule has 29 heavy (non-hydrogen) atoms. The van der Waals surface area contributed by atoms with Crippen molar-refractivity contribution >= 4 is 5.97 Å². The number of hydrogen-bond donors (Lipinski definition) is 1. The van der Waals surface area contributed by atoms with Crippen LogP contribution in [0.3, 0.4) is 0 Å². The number of carbonyl (C=O) groups is 1. The maximum absolute atomic E-state index is 12.3. The van der Waals surface area contributed by atoms with Gasteiger partial charge in [-0.25, -0.2) is 9.78 Å². The molecule has 152 valence electrons. The van der Waals surface area contributed by atoms with Gasteiger partial charge in [0.1, 0.15) is 11.4 Å². The van der Waals surface area contributed by atoms with Gasteiger partial charge in [0, 0.05) is 0 Å². The molecule has 0 saturated heterocycles. The van der Waals surface area contributed by atoms with Crippen molar-refractivity contribution in [3.63, 3.8) is 0 Å². The molecule has 3 rings (SSSR count). The molecule has 0 saturated carbocycles. The Morgan fingerprint density at radius 2 is 1.69 bits per heavy atom. The van der Waals surface area contributed by atoms with Crippen LogP contribution in [0.15, 0.2) is 61.1 Å². The van der Waals surface area contributed by atoms with E-state index in [0.717, 1.165) is 29.5 Å². The lowest BCUT2D eigenvalue weighted by Crippen LogP contribution is -2.16. The van der Waals surface area contributed by atoms with Crippen LogP contribution in [0.4, 0.5) is 13.2 Å². The Labute approximate surface area is 165 Å². The van der Waals surface area contributed by atoms with E-state index in [1.807, 2.05) is 31.2 Å². The average Bonchev–Trinajstić information content (AvgIpc) is 3.15. The van der Waals surface area contributed by atoms with E-state index in [2.05, 4.69) is 9.72 Å². The number of ether oxygens (including phenoxy) is 1. The SMILES string of the molecule is CCCC(c1ccc(-c2ccc(OC(F)(F)F)cc2)cc1)n1cncc1C(=O)O. The fourth-order valence-corrected chi connectivity index (χ4v) is 3.21. The zero-order valence-electron chi connectivity index (χ0n) is 15.6. The number of nitrogens with zero attached hydrogens (tertiary/aromatic N) is 2. The predicted octanol–water partition coefficient (Wildman–Crippen LogP) is 5.54. The van der Waals surface area contributed by atoms with Gasteiger partial charge in [0.05, 0.1) is 18.6 Å². The number of aromatic carboxylic acids is 1. The summed E-state index contributed by atoms with van der Waals surface area (Å²) in [7, 11) is 0. The van der Waals surface area contributed by atoms with E-state index in [0.29, 0.717) is 0 Å². The van der Waals surface area contributed by atoms with Gasteiger partial charge in [0.2, 0.25) is 0 Å². The number of hydrogen-bond acceptors (Lipinski definition) is 3. The molecule has 0 aliphatic carbocycles. The molecule has 8 heteroatoms. The van der Waals surface area contributed by atoms with Gasteiger partial charge in [-0.1, -0.05) is 49.7 Å². The zero-order chi connectivity index (χ0) is 21.0. The zero-order valence-corrected chi connectivity index (χ0v) is 15.6. The number of benzene rings is 2. The van der Waals surface area contributed by atoms with Crippen molar-refractivity contribution in [3.05, 3.63) is 72.3 Å². The molecule has 0 fully saturated rings. The Bertz CT molecular complexity index is 964. The Balaban J connectivity index is 1.84. The number of carboxylic acid groups (broad SMARTS) is 1. The molecular formula is C21H19F3N2O3. The molecular weight excluding hydrogens is 385 g/mol. The minimum Gasteiger partial charge on any atom is -0.477 e. The monoisotopic (exact) mass is 404 g/mol. The highest BCUT2D eigenvalue weighted by atomic mass is 19.4. The second-order valence-electron chi connectivity index (χ2n) is 6.49. The van der Waals surface area contributed by atoms with Crippen LogP contribution in [-0.4, -0.2) is 27.0 Å². The van der Waals surface area contributed by atoms with Gasteiger partial charge in [-0.05, 0) is 35.2 Å². The fourth-order valence-electron chi connectivity index (χ4n) is 3.21. The third-order valence-electron chi connectivity index (χ3n) is 4.50. The van der Waals surface area contributed by atoms with Crippen molar-refractivity contribution in [2.45, 2.75) is 32.2 Å². The number of rotatable bonds is 7. The van der Waals surface area contributed by atoms with Crippen molar-refractivity contribution in [1.82, 2.24) is 9.55 Å². The van der Waals surface area contributed by atoms with Crippen molar-refractivity contribution in [2.24, 2.45) is 0 Å². The fraction of sp³-hybridized carbons (Fsp3) is 0.238. The summed E-state index contributed by atoms with van der Waals surface area (Å²) in [6.45, 7) is 2.02. The summed E-state index contributed by atoms with van der Waals surface area (Å²) in [4.78, 5) is 15.4. The van der Waals surface area contributed by atoms with Crippen LogP contribution >= 0.6 is 0 Å². The van der Waals surface area contributed by atoms with Crippen molar-refractivity contribution in [2.75, 3.05) is 0 Å². The molecule has 2 aromatic carbocycles. The molecule has 1 aromatic heterocycles. The Morgan fingerprint density at radius 1 is 1.10 bits per heavy atom. The molecule has 0 aliphatic heterocycles. The smallest absolute Gasteiger partial charge is 0.477 e. The lowest BCUT2D eigenvalue weighted by atomic mass is 9.98. The minimum atomic E-state index is -4.72. The standard InChI is InChI=1S/C21H19F3N2O3/c1-2-3-18(26-13-25-12-19(26)20(27)28)16-6-4-14(5-7-16)15-8-10-17(11-9-15)29-21(22,23)24/h4-13,18H,2-3H2,1H3,(H,27,28). The van der Waals surface area contributed by atoms with Crippen LogP contribution in [-0.2, 0) is 0 Å². The number of halogens is 3. The van der Waals surface area contributed by atoms with Crippen molar-refractivity contribution in [1.29, 1.82) is 0 Å². The molecule has 1 heterocycles. The van der Waals surface area contributed by atoms with Gasteiger partial charge in [-0.15, -0.1) is 13.2 Å². The van der Waals surface area contributed by atoms with Crippen LogP contribution in [0.25, 0.3) is 11.1 Å². The summed E-state index contributed by atoms with van der Waals surface area (Å²) in [5.74, 6) is -1.32. The van der Waals surface area contributed by atoms with Gasteiger partial charge >= 0.3 is 12.3 Å². The van der Waals surface area contributed by atoms with Gasteiger partial charge in [0.25, 0.3) is 0 Å². The molecule has 3 aromatic rings. The highest BCUT2D eigenvalue weighted by molar-refractivity contribution is 5.85. The van der Waals surface area contributed by atoms with Crippen LogP contribution < -0.4 is 4.74 Å². The van der Waals surface area contributed by atoms with E-state index >= 15 is 0 Å². The Kier molecular flexibility index (Phi) is 5.91. The molecule has 0 aliphatic rings. The first-order valence-corrected chi connectivity index (χ1v) is 8.99. The summed E-state index contributed by atoms with van der Waals surface area (Å²) in [5, 5.41) is 9.36. The lowest BCUT2D eigenvalue weighted by molar-refractivity contribution is -0.274. The van der Waals surface area contributed by atoms with Gasteiger partial charge in [-0.3, -0.25) is 0 Å². The number of aromatic nitrogens is 2. The summed E-state index contributed by atoms with van der Waals surface area (Å²) < 4.78 is 42.4. The van der Waals surface area contributed by atoms with E-state index in [9.17, 15) is 23.1 Å². The summed E-state index contributed by atoms with van der Waals surface area (Å²) in [6, 6.07) is 13.0. The summed E-state index contributed by atoms with van der Waals surface area (Å²) in [5.41, 5.74) is 2.61. The van der Waals surface area contributed by atoms with E-state index in [-0.39, 0.29) is 17.5 Å². The topological polar surface area (TPSA) is 64.4 Å². The molecule has 1 N–H and O–H groups in total. The van der Waals surface area contributed by atoms with Crippen molar-refractivity contribution in [3.8, 4) is 16.9 Å². The first-order valence-electron chi connectivity index (χ1n) is 8.99. The van der Waals surface area contributed by atoms with Crippen LogP contribution in [0.2, 0.25) is 0 Å². The summed E-state index contributed by atoms with van der Waals surface area (Å²) >= 11 is 0. The van der Waals surface area contributed by atoms with E-state index in [1.54, 1.807) is 16.7 Å². The number of alkyl halides is 3. The third kappa shape index (κ3) is 4.96. The van der Waals surface area contributed by atoms with Gasteiger partial charge < -0.3 is 14.4 Å². The van der Waals surface area contributed by atoms with Crippen LogP contribution in [0.1, 0.15) is 41.9 Å². The molecule has 0 radical (unpaired) electrons. The molecule has 0 spiro atoms. The third-order valence-corrected chi connectivity index (χ3v) is 4.50. The number of carboxylic acids is 1. The van der Waals surface area contributed by atoms with Gasteiger partial charge in [-0.2, -0.15) is 0 Å². The first kappa shape index (κ1) is 20.4. The Hall–Kier alpha value is -3.29. The van der Waals surface area contributed by atoms with Crippen LogP contribution in [0.5, 0.6) is 5.75 Å². The molecule has 5 nitrogen and oxygen atoms in total. The molecule has 1 unspecified atom stereocenters. The van der Waals surface area contributed by atoms with Crippen LogP contribution in [0, 0.1) is 0 Å². The highest BCUT2D eigenvalue weighted by Crippen LogP contribution is 2.30. The minimum absolute atomic E-state index is 0.118. The molecule has 0 bridgehead atoms.